The SMILES string of the molecule is CCOc1cc2c(Oc3ccc(NC(=O)C4(C(=O)Nc5ccc(F)cc5)CC4)cc3F)ccnc2cc1OCCCC(=O)O.[KH]. The number of anilines is 2. The molecule has 0 atom stereocenters. The second kappa shape index (κ2) is 15.1. The van der Waals surface area contributed by atoms with Gasteiger partial charge in [0.15, 0.2) is 23.1 Å². The molecular formula is C32H30F2KN3O7. The zero-order valence-electron chi connectivity index (χ0n) is 23.7. The van der Waals surface area contributed by atoms with Crippen molar-refractivity contribution in [2.75, 3.05) is 23.8 Å². The predicted molar refractivity (Wildman–Crippen MR) is 164 cm³/mol. The van der Waals surface area contributed by atoms with Crippen LogP contribution in [0.15, 0.2) is 66.9 Å². The van der Waals surface area contributed by atoms with Crippen molar-refractivity contribution in [3.63, 3.8) is 0 Å². The molecule has 0 aliphatic heterocycles. The van der Waals surface area contributed by atoms with E-state index in [1.54, 1.807) is 25.1 Å². The van der Waals surface area contributed by atoms with Gasteiger partial charge in [-0.3, -0.25) is 19.4 Å². The summed E-state index contributed by atoms with van der Waals surface area (Å²) in [5.74, 6) is -2.26. The Labute approximate surface area is 299 Å². The van der Waals surface area contributed by atoms with Gasteiger partial charge in [0.2, 0.25) is 11.8 Å². The summed E-state index contributed by atoms with van der Waals surface area (Å²) in [5, 5.41) is 14.6. The van der Waals surface area contributed by atoms with Gasteiger partial charge in [-0.1, -0.05) is 0 Å². The standard InChI is InChI=1S/C32H29F2N3O7.K.H/c1-2-42-27-17-22-24(18-28(27)43-15-3-4-29(38)39)35-14-11-25(22)44-26-10-9-21(16-23(26)34)37-31(41)32(12-13-32)30(40)36-20-7-5-19(33)6-8-20;;/h5-11,14,16-18H,2-4,12-13,15H2,1H3,(H,36,40)(H,37,41)(H,38,39);;. The molecule has 5 rings (SSSR count). The molecule has 13 heteroatoms. The van der Waals surface area contributed by atoms with E-state index in [4.69, 9.17) is 19.3 Å². The summed E-state index contributed by atoms with van der Waals surface area (Å²) >= 11 is 0. The van der Waals surface area contributed by atoms with Crippen LogP contribution in [0.2, 0.25) is 0 Å². The van der Waals surface area contributed by atoms with Gasteiger partial charge in [-0.25, -0.2) is 8.78 Å². The van der Waals surface area contributed by atoms with Gasteiger partial charge in [-0.15, -0.1) is 0 Å². The Kier molecular flexibility index (Phi) is 11.5. The average Bonchev–Trinajstić information content (AvgIpc) is 3.81. The molecule has 0 saturated heterocycles. The van der Waals surface area contributed by atoms with Gasteiger partial charge < -0.3 is 30.0 Å². The van der Waals surface area contributed by atoms with Crippen molar-refractivity contribution in [2.45, 2.75) is 32.6 Å². The molecule has 2 amide bonds. The summed E-state index contributed by atoms with van der Waals surface area (Å²) in [7, 11) is 0. The minimum atomic E-state index is -1.30. The molecule has 1 aliphatic rings. The van der Waals surface area contributed by atoms with Crippen LogP contribution in [0.5, 0.6) is 23.0 Å². The van der Waals surface area contributed by atoms with Gasteiger partial charge in [-0.05, 0) is 74.7 Å². The number of rotatable bonds is 13. The number of ether oxygens (including phenoxy) is 3. The number of carbonyl (C=O) groups excluding carboxylic acids is 2. The van der Waals surface area contributed by atoms with E-state index in [1.165, 1.54) is 42.6 Å². The third-order valence-corrected chi connectivity index (χ3v) is 6.99. The molecule has 1 saturated carbocycles. The Morgan fingerprint density at radius 1 is 0.867 bits per heavy atom. The number of pyridine rings is 1. The van der Waals surface area contributed by atoms with Crippen molar-refractivity contribution < 1.29 is 42.5 Å². The van der Waals surface area contributed by atoms with Gasteiger partial charge in [-0.2, -0.15) is 0 Å². The molecule has 3 aromatic carbocycles. The topological polar surface area (TPSA) is 136 Å². The van der Waals surface area contributed by atoms with Crippen molar-refractivity contribution in [1.29, 1.82) is 0 Å². The van der Waals surface area contributed by atoms with E-state index in [0.717, 1.165) is 6.07 Å². The number of carboxylic acid groups (broad SMARTS) is 1. The second-order valence-corrected chi connectivity index (χ2v) is 10.1. The zero-order valence-corrected chi connectivity index (χ0v) is 23.7. The predicted octanol–water partition coefficient (Wildman–Crippen LogP) is 5.66. The number of hydrogen-bond donors (Lipinski definition) is 3. The number of hydrogen-bond acceptors (Lipinski definition) is 7. The van der Waals surface area contributed by atoms with Crippen LogP contribution < -0.4 is 24.8 Å². The van der Waals surface area contributed by atoms with Crippen LogP contribution in [-0.2, 0) is 14.4 Å². The fraction of sp³-hybridized carbons (Fsp3) is 0.250. The minimum absolute atomic E-state index is 0. The van der Waals surface area contributed by atoms with Gasteiger partial charge >= 0.3 is 57.4 Å². The maximum absolute atomic E-state index is 15.2. The number of aliphatic carboxylic acids is 1. The molecule has 45 heavy (non-hydrogen) atoms. The van der Waals surface area contributed by atoms with Crippen LogP contribution in [0.4, 0.5) is 20.2 Å². The quantitative estimate of drug-likeness (QED) is 0.0964. The third-order valence-electron chi connectivity index (χ3n) is 6.99. The van der Waals surface area contributed by atoms with E-state index in [9.17, 15) is 18.8 Å². The summed E-state index contributed by atoms with van der Waals surface area (Å²) < 4.78 is 45.7. The van der Waals surface area contributed by atoms with Crippen LogP contribution in [0, 0.1) is 17.0 Å². The second-order valence-electron chi connectivity index (χ2n) is 10.1. The van der Waals surface area contributed by atoms with Crippen molar-refractivity contribution in [3.05, 3.63) is 78.5 Å². The molecule has 0 unspecified atom stereocenters. The van der Waals surface area contributed by atoms with E-state index in [0.29, 0.717) is 59.7 Å². The number of carboxylic acids is 1. The number of nitrogens with zero attached hydrogens (tertiary/aromatic N) is 1. The normalized spacial score (nSPS) is 12.9. The molecule has 0 bridgehead atoms. The molecule has 3 N–H and O–H groups in total. The molecule has 1 aliphatic carbocycles. The Balaban J connectivity index is 0.00000461. The van der Waals surface area contributed by atoms with E-state index in [2.05, 4.69) is 15.6 Å². The van der Waals surface area contributed by atoms with Crippen molar-refractivity contribution >= 4 is 91.4 Å². The van der Waals surface area contributed by atoms with Crippen LogP contribution in [0.25, 0.3) is 10.9 Å². The van der Waals surface area contributed by atoms with Crippen molar-refractivity contribution in [1.82, 2.24) is 4.98 Å². The van der Waals surface area contributed by atoms with E-state index >= 15 is 4.39 Å². The van der Waals surface area contributed by atoms with Crippen molar-refractivity contribution in [3.8, 4) is 23.0 Å². The first kappa shape index (κ1) is 34.3. The summed E-state index contributed by atoms with van der Waals surface area (Å²) in [6.07, 6.45) is 2.42. The Bertz CT molecular complexity index is 1720. The summed E-state index contributed by atoms with van der Waals surface area (Å²) in [4.78, 5) is 41.0. The number of benzene rings is 3. The van der Waals surface area contributed by atoms with Gasteiger partial charge in [0.25, 0.3) is 0 Å². The van der Waals surface area contributed by atoms with E-state index < -0.39 is 34.8 Å². The monoisotopic (exact) mass is 645 g/mol. The molecule has 1 heterocycles. The maximum atomic E-state index is 15.2. The Morgan fingerprint density at radius 2 is 1.53 bits per heavy atom. The number of carbonyl (C=O) groups is 3. The van der Waals surface area contributed by atoms with E-state index in [-0.39, 0.29) is 75.8 Å². The van der Waals surface area contributed by atoms with Crippen LogP contribution in [0.1, 0.15) is 32.6 Å². The fourth-order valence-corrected chi connectivity index (χ4v) is 4.50. The molecule has 1 fully saturated rings. The van der Waals surface area contributed by atoms with Gasteiger partial charge in [0.1, 0.15) is 17.0 Å². The summed E-state index contributed by atoms with van der Waals surface area (Å²) in [5.41, 5.74) is -0.312. The summed E-state index contributed by atoms with van der Waals surface area (Å²) in [6, 6.07) is 14.0. The van der Waals surface area contributed by atoms with E-state index in [1.807, 2.05) is 0 Å². The first-order valence-electron chi connectivity index (χ1n) is 13.9. The zero-order chi connectivity index (χ0) is 31.3. The number of nitrogens with one attached hydrogen (secondary N) is 2. The third kappa shape index (κ3) is 8.35. The molecule has 10 nitrogen and oxygen atoms in total. The molecule has 0 spiro atoms. The van der Waals surface area contributed by atoms with Crippen LogP contribution >= 0.6 is 0 Å². The average molecular weight is 646 g/mol. The Morgan fingerprint density at radius 3 is 2.18 bits per heavy atom. The molecule has 1 aromatic heterocycles. The first-order valence-corrected chi connectivity index (χ1v) is 13.9. The van der Waals surface area contributed by atoms with Crippen molar-refractivity contribution in [2.24, 2.45) is 5.41 Å². The van der Waals surface area contributed by atoms with Crippen LogP contribution in [0.3, 0.4) is 0 Å². The molecule has 4 aromatic rings. The number of aromatic nitrogens is 1. The van der Waals surface area contributed by atoms with Gasteiger partial charge in [0, 0.05) is 41.5 Å². The number of amides is 2. The van der Waals surface area contributed by atoms with Crippen LogP contribution in [-0.4, -0.2) is 92.5 Å². The fourth-order valence-electron chi connectivity index (χ4n) is 4.50. The summed E-state index contributed by atoms with van der Waals surface area (Å²) in [6.45, 7) is 2.31. The molecule has 230 valence electrons. The first-order chi connectivity index (χ1) is 21.2. The number of halogens is 2. The number of fused-ring (bicyclic) bond motifs is 1. The molecule has 0 radical (unpaired) electrons. The Hall–Kier alpha value is -3.62. The van der Waals surface area contributed by atoms with Gasteiger partial charge in [0.05, 0.1) is 18.7 Å². The molecular weight excluding hydrogens is 615 g/mol.